The summed E-state index contributed by atoms with van der Waals surface area (Å²) in [5.41, 5.74) is -1.25. The Morgan fingerprint density at radius 2 is 2.16 bits per heavy atom. The summed E-state index contributed by atoms with van der Waals surface area (Å²) in [6.45, 7) is -0.0796. The van der Waals surface area contributed by atoms with E-state index < -0.39 is 29.9 Å². The Morgan fingerprint density at radius 1 is 1.40 bits per heavy atom. The minimum atomic E-state index is -4.54. The molecule has 0 aromatic carbocycles. The average Bonchev–Trinajstić information content (AvgIpc) is 2.84. The molecule has 0 fully saturated rings. The van der Waals surface area contributed by atoms with Crippen LogP contribution in [0.2, 0.25) is 0 Å². The van der Waals surface area contributed by atoms with Gasteiger partial charge in [0.15, 0.2) is 6.23 Å². The molecule has 134 valence electrons. The van der Waals surface area contributed by atoms with Crippen LogP contribution in [-0.4, -0.2) is 30.6 Å². The molecule has 0 bridgehead atoms. The highest BCUT2D eigenvalue weighted by Crippen LogP contribution is 2.27. The highest BCUT2D eigenvalue weighted by atomic mass is 19.4. The second kappa shape index (κ2) is 6.22. The largest absolute Gasteiger partial charge is 0.507 e. The van der Waals surface area contributed by atoms with Gasteiger partial charge in [-0.2, -0.15) is 18.3 Å². The van der Waals surface area contributed by atoms with Crippen molar-refractivity contribution >= 4 is 6.16 Å². The zero-order chi connectivity index (χ0) is 18.2. The van der Waals surface area contributed by atoms with Crippen LogP contribution in [0.3, 0.4) is 0 Å². The fourth-order valence-corrected chi connectivity index (χ4v) is 2.68. The van der Waals surface area contributed by atoms with E-state index in [4.69, 9.17) is 9.84 Å². The van der Waals surface area contributed by atoms with Crippen molar-refractivity contribution < 1.29 is 27.8 Å². The van der Waals surface area contributed by atoms with Crippen LogP contribution in [-0.2, 0) is 23.9 Å². The molecule has 2 aromatic rings. The van der Waals surface area contributed by atoms with Gasteiger partial charge in [0, 0.05) is 19.0 Å². The normalized spacial score (nSPS) is 17.2. The lowest BCUT2D eigenvalue weighted by Gasteiger charge is -2.21. The van der Waals surface area contributed by atoms with Crippen LogP contribution in [0.4, 0.5) is 18.0 Å². The van der Waals surface area contributed by atoms with Crippen molar-refractivity contribution in [1.29, 1.82) is 0 Å². The van der Waals surface area contributed by atoms with E-state index in [1.165, 1.54) is 6.07 Å². The van der Waals surface area contributed by atoms with Crippen molar-refractivity contribution in [2.75, 3.05) is 0 Å². The maximum atomic E-state index is 12.5. The first kappa shape index (κ1) is 17.0. The average molecular weight is 358 g/mol. The van der Waals surface area contributed by atoms with Gasteiger partial charge in [0.05, 0.1) is 6.54 Å². The van der Waals surface area contributed by atoms with E-state index in [0.29, 0.717) is 30.7 Å². The summed E-state index contributed by atoms with van der Waals surface area (Å²) in [4.78, 5) is 26.5. The molecule has 1 unspecified atom stereocenters. The van der Waals surface area contributed by atoms with Gasteiger partial charge >= 0.3 is 18.0 Å². The van der Waals surface area contributed by atoms with Gasteiger partial charge in [-0.25, -0.2) is 18.8 Å². The van der Waals surface area contributed by atoms with E-state index in [2.05, 4.69) is 10.1 Å². The second-order valence-corrected chi connectivity index (χ2v) is 5.51. The van der Waals surface area contributed by atoms with E-state index in [0.717, 1.165) is 21.5 Å². The highest BCUT2D eigenvalue weighted by Gasteiger charge is 2.32. The van der Waals surface area contributed by atoms with E-state index in [1.807, 2.05) is 0 Å². The van der Waals surface area contributed by atoms with Gasteiger partial charge in [0.2, 0.25) is 0 Å². The van der Waals surface area contributed by atoms with Crippen LogP contribution >= 0.6 is 0 Å². The van der Waals surface area contributed by atoms with Gasteiger partial charge in [-0.3, -0.25) is 4.98 Å². The monoisotopic (exact) mass is 358 g/mol. The lowest BCUT2D eigenvalue weighted by Crippen LogP contribution is -2.33. The fraction of sp³-hybridized carbons (Fsp3) is 0.429. The molecule has 0 saturated heterocycles. The zero-order valence-electron chi connectivity index (χ0n) is 12.7. The Kier molecular flexibility index (Phi) is 4.23. The van der Waals surface area contributed by atoms with Crippen LogP contribution in [0.5, 0.6) is 0 Å². The number of alkyl halides is 3. The molecule has 3 heterocycles. The Labute approximate surface area is 138 Å². The van der Waals surface area contributed by atoms with Crippen molar-refractivity contribution in [1.82, 2.24) is 19.3 Å². The van der Waals surface area contributed by atoms with Crippen LogP contribution < -0.4 is 5.69 Å². The lowest BCUT2D eigenvalue weighted by molar-refractivity contribution is -0.141. The molecule has 0 amide bonds. The van der Waals surface area contributed by atoms with Gasteiger partial charge in [-0.05, 0) is 18.1 Å². The highest BCUT2D eigenvalue weighted by molar-refractivity contribution is 5.56. The number of rotatable bonds is 3. The molecule has 0 aliphatic carbocycles. The summed E-state index contributed by atoms with van der Waals surface area (Å²) in [6.07, 6.45) is -4.52. The number of carbonyl (C=O) groups is 1. The molecule has 3 rings (SSSR count). The van der Waals surface area contributed by atoms with Crippen molar-refractivity contribution in [3.05, 3.63) is 45.9 Å². The maximum absolute atomic E-state index is 12.5. The number of ether oxygens (including phenoxy) is 1. The third-order valence-electron chi connectivity index (χ3n) is 3.76. The minimum absolute atomic E-state index is 0.0796. The Bertz CT molecular complexity index is 841. The quantitative estimate of drug-likeness (QED) is 0.843. The minimum Gasteiger partial charge on any atom is -0.450 e. The summed E-state index contributed by atoms with van der Waals surface area (Å²) < 4.78 is 44.5. The van der Waals surface area contributed by atoms with E-state index >= 15 is 0 Å². The first-order valence-electron chi connectivity index (χ1n) is 7.35. The van der Waals surface area contributed by atoms with Gasteiger partial charge in [-0.1, -0.05) is 6.07 Å². The number of pyridine rings is 1. The number of aryl methyl sites for hydroxylation is 1. The van der Waals surface area contributed by atoms with Crippen LogP contribution in [0.25, 0.3) is 0 Å². The van der Waals surface area contributed by atoms with Crippen molar-refractivity contribution in [3.8, 4) is 0 Å². The molecule has 1 N–H and O–H groups in total. The molecule has 0 radical (unpaired) electrons. The predicted octanol–water partition coefficient (Wildman–Crippen LogP) is 2.04. The maximum Gasteiger partial charge on any atom is 0.507 e. The van der Waals surface area contributed by atoms with Crippen molar-refractivity contribution in [2.45, 2.75) is 38.2 Å². The number of fused-ring (bicyclic) bond motifs is 1. The van der Waals surface area contributed by atoms with Crippen molar-refractivity contribution in [2.24, 2.45) is 0 Å². The van der Waals surface area contributed by atoms with Gasteiger partial charge in [0.1, 0.15) is 11.5 Å². The fourth-order valence-electron chi connectivity index (χ4n) is 2.68. The molecule has 1 aliphatic rings. The number of carboxylic acid groups (broad SMARTS) is 1. The Hall–Kier alpha value is -2.85. The molecule has 2 aromatic heterocycles. The molecule has 25 heavy (non-hydrogen) atoms. The molecular formula is C14H13F3N4O4. The molecular weight excluding hydrogens is 345 g/mol. The van der Waals surface area contributed by atoms with Crippen LogP contribution in [0, 0.1) is 0 Å². The molecule has 1 aliphatic heterocycles. The predicted molar refractivity (Wildman–Crippen MR) is 75.9 cm³/mol. The Morgan fingerprint density at radius 3 is 2.76 bits per heavy atom. The zero-order valence-corrected chi connectivity index (χ0v) is 12.7. The number of hydrogen-bond donors (Lipinski definition) is 1. The molecule has 1 atom stereocenters. The Balaban J connectivity index is 1.86. The summed E-state index contributed by atoms with van der Waals surface area (Å²) in [5.74, 6) is 0.377. The van der Waals surface area contributed by atoms with E-state index in [-0.39, 0.29) is 6.54 Å². The first-order valence-corrected chi connectivity index (χ1v) is 7.35. The van der Waals surface area contributed by atoms with Crippen LogP contribution in [0.1, 0.15) is 36.2 Å². The topological polar surface area (TPSA) is 99.2 Å². The molecule has 0 saturated carbocycles. The standard InChI is InChI=1S/C14H13F3N4O4/c15-14(16,17)9-5-4-8(6-18-9)7-20-12(22)21-10(19-20)2-1-3-11(21)25-13(23)24/h4-6,11H,1-3,7H2,(H,23,24). The molecule has 0 spiro atoms. The SMILES string of the molecule is O=C(O)OC1CCCc2nn(Cc3ccc(C(F)(F)F)nc3)c(=O)n21. The summed E-state index contributed by atoms with van der Waals surface area (Å²) in [6, 6.07) is 2.04. The third-order valence-corrected chi connectivity index (χ3v) is 3.76. The second-order valence-electron chi connectivity index (χ2n) is 5.51. The lowest BCUT2D eigenvalue weighted by atomic mass is 10.1. The van der Waals surface area contributed by atoms with Crippen LogP contribution in [0.15, 0.2) is 23.1 Å². The number of nitrogens with zero attached hydrogens (tertiary/aromatic N) is 4. The third kappa shape index (κ3) is 3.49. The number of aromatic nitrogens is 4. The summed E-state index contributed by atoms with van der Waals surface area (Å²) >= 11 is 0. The summed E-state index contributed by atoms with van der Waals surface area (Å²) in [5, 5.41) is 12.9. The van der Waals surface area contributed by atoms with E-state index in [1.54, 1.807) is 0 Å². The van der Waals surface area contributed by atoms with Gasteiger partial charge in [-0.15, -0.1) is 0 Å². The van der Waals surface area contributed by atoms with Crippen molar-refractivity contribution in [3.63, 3.8) is 0 Å². The molecule has 11 heteroatoms. The molecule has 8 nitrogen and oxygen atoms in total. The smallest absolute Gasteiger partial charge is 0.450 e. The van der Waals surface area contributed by atoms with Gasteiger partial charge in [0.25, 0.3) is 0 Å². The van der Waals surface area contributed by atoms with E-state index in [9.17, 15) is 22.8 Å². The first-order chi connectivity index (χ1) is 11.8. The number of hydrogen-bond acceptors (Lipinski definition) is 5. The summed E-state index contributed by atoms with van der Waals surface area (Å²) in [7, 11) is 0. The van der Waals surface area contributed by atoms with Gasteiger partial charge < -0.3 is 9.84 Å². The number of halogens is 3.